The number of aromatic nitrogens is 5. The standard InChI is InChI=1S/C10H15N5S2/c1-5-6-7(17-14-11-6)8-12-13-9(16)15(8)10(2,3)4/h5H2,1-4H3,(H,13,16). The quantitative estimate of drug-likeness (QED) is 0.852. The molecule has 0 aliphatic rings. The summed E-state index contributed by atoms with van der Waals surface area (Å²) in [5.74, 6) is 0.828. The molecule has 0 aromatic carbocycles. The van der Waals surface area contributed by atoms with Gasteiger partial charge in [0.25, 0.3) is 0 Å². The van der Waals surface area contributed by atoms with Crippen LogP contribution in [-0.4, -0.2) is 24.4 Å². The van der Waals surface area contributed by atoms with Crippen molar-refractivity contribution < 1.29 is 0 Å². The van der Waals surface area contributed by atoms with Crippen LogP contribution in [0, 0.1) is 4.77 Å². The molecule has 0 atom stereocenters. The molecule has 1 N–H and O–H groups in total. The number of rotatable bonds is 2. The Morgan fingerprint density at radius 1 is 1.41 bits per heavy atom. The van der Waals surface area contributed by atoms with Crippen molar-refractivity contribution in [3.8, 4) is 10.7 Å². The maximum Gasteiger partial charge on any atom is 0.195 e. The van der Waals surface area contributed by atoms with Crippen molar-refractivity contribution in [2.45, 2.75) is 39.7 Å². The fraction of sp³-hybridized carbons (Fsp3) is 0.600. The van der Waals surface area contributed by atoms with Crippen molar-refractivity contribution in [2.24, 2.45) is 0 Å². The number of H-pyrrole nitrogens is 1. The topological polar surface area (TPSA) is 59.4 Å². The lowest BCUT2D eigenvalue weighted by molar-refractivity contribution is 0.395. The van der Waals surface area contributed by atoms with Crippen molar-refractivity contribution in [2.75, 3.05) is 0 Å². The number of nitrogens with one attached hydrogen (secondary N) is 1. The third-order valence-corrected chi connectivity index (χ3v) is 3.47. The fourth-order valence-corrected chi connectivity index (χ4v) is 2.82. The predicted molar refractivity (Wildman–Crippen MR) is 70.7 cm³/mol. The van der Waals surface area contributed by atoms with Gasteiger partial charge in [0.2, 0.25) is 0 Å². The Labute approximate surface area is 109 Å². The lowest BCUT2D eigenvalue weighted by Gasteiger charge is -2.22. The van der Waals surface area contributed by atoms with Gasteiger partial charge in [-0.15, -0.1) is 5.10 Å². The summed E-state index contributed by atoms with van der Waals surface area (Å²) >= 11 is 6.64. The molecule has 0 saturated heterocycles. The number of aromatic amines is 1. The first-order valence-electron chi connectivity index (χ1n) is 5.44. The van der Waals surface area contributed by atoms with Crippen molar-refractivity contribution in [3.05, 3.63) is 10.5 Å². The molecular weight excluding hydrogens is 254 g/mol. The van der Waals surface area contributed by atoms with Crippen LogP contribution in [0.4, 0.5) is 0 Å². The molecule has 0 unspecified atom stereocenters. The van der Waals surface area contributed by atoms with Crippen molar-refractivity contribution >= 4 is 23.8 Å². The summed E-state index contributed by atoms with van der Waals surface area (Å²) in [5, 5.41) is 11.3. The van der Waals surface area contributed by atoms with Crippen LogP contribution in [0.1, 0.15) is 33.4 Å². The Kier molecular flexibility index (Phi) is 3.13. The highest BCUT2D eigenvalue weighted by Gasteiger charge is 2.23. The van der Waals surface area contributed by atoms with E-state index in [-0.39, 0.29) is 5.54 Å². The van der Waals surface area contributed by atoms with E-state index in [1.165, 1.54) is 11.5 Å². The zero-order valence-corrected chi connectivity index (χ0v) is 11.9. The van der Waals surface area contributed by atoms with Gasteiger partial charge in [0.05, 0.1) is 5.69 Å². The first-order valence-corrected chi connectivity index (χ1v) is 6.62. The zero-order valence-electron chi connectivity index (χ0n) is 10.3. The smallest absolute Gasteiger partial charge is 0.195 e. The van der Waals surface area contributed by atoms with Gasteiger partial charge < -0.3 is 0 Å². The second kappa shape index (κ2) is 4.30. The lowest BCUT2D eigenvalue weighted by Crippen LogP contribution is -2.23. The van der Waals surface area contributed by atoms with Crippen LogP contribution in [0.3, 0.4) is 0 Å². The molecule has 0 radical (unpaired) electrons. The normalized spacial score (nSPS) is 12.0. The van der Waals surface area contributed by atoms with E-state index in [0.29, 0.717) is 4.77 Å². The third-order valence-electron chi connectivity index (χ3n) is 2.44. The van der Waals surface area contributed by atoms with Crippen LogP contribution in [0.25, 0.3) is 10.7 Å². The number of aryl methyl sites for hydroxylation is 1. The van der Waals surface area contributed by atoms with Crippen LogP contribution in [0.2, 0.25) is 0 Å². The summed E-state index contributed by atoms with van der Waals surface area (Å²) in [6, 6.07) is 0. The largest absolute Gasteiger partial charge is 0.294 e. The molecule has 0 saturated carbocycles. The van der Waals surface area contributed by atoms with E-state index in [1.807, 2.05) is 4.57 Å². The molecule has 0 fully saturated rings. The van der Waals surface area contributed by atoms with Gasteiger partial charge in [-0.1, -0.05) is 11.4 Å². The molecule has 17 heavy (non-hydrogen) atoms. The average molecular weight is 269 g/mol. The molecular formula is C10H15N5S2. The molecule has 0 aliphatic heterocycles. The first kappa shape index (κ1) is 12.4. The van der Waals surface area contributed by atoms with Gasteiger partial charge in [-0.2, -0.15) is 5.10 Å². The maximum absolute atomic E-state index is 5.28. The SMILES string of the molecule is CCc1nnsc1-c1n[nH]c(=S)n1C(C)(C)C. The van der Waals surface area contributed by atoms with Crippen LogP contribution in [0.15, 0.2) is 0 Å². The Bertz CT molecular complexity index is 572. The summed E-state index contributed by atoms with van der Waals surface area (Å²) in [6.45, 7) is 8.36. The molecule has 0 amide bonds. The summed E-state index contributed by atoms with van der Waals surface area (Å²) in [5.41, 5.74) is 0.850. The van der Waals surface area contributed by atoms with Crippen molar-refractivity contribution in [1.82, 2.24) is 24.4 Å². The molecule has 2 rings (SSSR count). The van der Waals surface area contributed by atoms with Gasteiger partial charge in [-0.25, -0.2) is 0 Å². The monoisotopic (exact) mass is 269 g/mol. The lowest BCUT2D eigenvalue weighted by atomic mass is 10.1. The van der Waals surface area contributed by atoms with Gasteiger partial charge in [0.1, 0.15) is 4.88 Å². The molecule has 7 heteroatoms. The van der Waals surface area contributed by atoms with E-state index in [4.69, 9.17) is 12.2 Å². The minimum absolute atomic E-state index is 0.117. The highest BCUT2D eigenvalue weighted by Crippen LogP contribution is 2.29. The van der Waals surface area contributed by atoms with Gasteiger partial charge >= 0.3 is 0 Å². The molecule has 2 aromatic heterocycles. The highest BCUT2D eigenvalue weighted by molar-refractivity contribution is 7.71. The van der Waals surface area contributed by atoms with E-state index in [1.54, 1.807) is 0 Å². The van der Waals surface area contributed by atoms with Gasteiger partial charge in [0.15, 0.2) is 10.6 Å². The summed E-state index contributed by atoms with van der Waals surface area (Å²) < 4.78 is 6.63. The van der Waals surface area contributed by atoms with E-state index in [2.05, 4.69) is 47.5 Å². The predicted octanol–water partition coefficient (Wildman–Crippen LogP) is 2.78. The maximum atomic E-state index is 5.28. The molecule has 5 nitrogen and oxygen atoms in total. The Morgan fingerprint density at radius 3 is 2.71 bits per heavy atom. The van der Waals surface area contributed by atoms with E-state index in [9.17, 15) is 0 Å². The van der Waals surface area contributed by atoms with Crippen molar-refractivity contribution in [1.29, 1.82) is 0 Å². The number of nitrogens with zero attached hydrogens (tertiary/aromatic N) is 4. The Morgan fingerprint density at radius 2 is 2.12 bits per heavy atom. The second-order valence-electron chi connectivity index (χ2n) is 4.76. The van der Waals surface area contributed by atoms with E-state index >= 15 is 0 Å². The summed E-state index contributed by atoms with van der Waals surface area (Å²) in [4.78, 5) is 0.995. The molecule has 0 spiro atoms. The minimum Gasteiger partial charge on any atom is -0.294 e. The van der Waals surface area contributed by atoms with E-state index < -0.39 is 0 Å². The van der Waals surface area contributed by atoms with Crippen LogP contribution >= 0.6 is 23.8 Å². The van der Waals surface area contributed by atoms with Gasteiger partial charge in [0, 0.05) is 5.54 Å². The fourth-order valence-electron chi connectivity index (χ4n) is 1.68. The first-order chi connectivity index (χ1) is 7.95. The molecule has 92 valence electrons. The number of hydrogen-bond acceptors (Lipinski definition) is 5. The van der Waals surface area contributed by atoms with Crippen LogP contribution in [0.5, 0.6) is 0 Å². The molecule has 2 heterocycles. The average Bonchev–Trinajstić information content (AvgIpc) is 2.81. The summed E-state index contributed by atoms with van der Waals surface area (Å²) in [6.07, 6.45) is 0.843. The van der Waals surface area contributed by atoms with Gasteiger partial charge in [-0.3, -0.25) is 9.67 Å². The number of hydrogen-bond donors (Lipinski definition) is 1. The second-order valence-corrected chi connectivity index (χ2v) is 5.90. The summed E-state index contributed by atoms with van der Waals surface area (Å²) in [7, 11) is 0. The highest BCUT2D eigenvalue weighted by atomic mass is 32.1. The van der Waals surface area contributed by atoms with Gasteiger partial charge in [-0.05, 0) is 50.9 Å². The third kappa shape index (κ3) is 2.16. The molecule has 0 aliphatic carbocycles. The Hall–Kier alpha value is -1.08. The van der Waals surface area contributed by atoms with Crippen LogP contribution in [-0.2, 0) is 12.0 Å². The van der Waals surface area contributed by atoms with Crippen LogP contribution < -0.4 is 0 Å². The van der Waals surface area contributed by atoms with Crippen molar-refractivity contribution in [3.63, 3.8) is 0 Å². The Balaban J connectivity index is 2.66. The zero-order chi connectivity index (χ0) is 12.6. The van der Waals surface area contributed by atoms with E-state index in [0.717, 1.165) is 22.8 Å². The molecule has 0 bridgehead atoms. The minimum atomic E-state index is -0.117. The molecule has 2 aromatic rings.